The highest BCUT2D eigenvalue weighted by atomic mass is 16.6. The number of aromatic carboxylic acids is 1. The first-order valence-corrected chi connectivity index (χ1v) is 8.07. The molecule has 7 heteroatoms. The molecule has 2 aromatic carbocycles. The summed E-state index contributed by atoms with van der Waals surface area (Å²) in [5.74, 6) is -0.430. The normalized spacial score (nSPS) is 18.2. The zero-order valence-corrected chi connectivity index (χ0v) is 14.4. The maximum absolute atomic E-state index is 12.6. The van der Waals surface area contributed by atoms with E-state index in [1.807, 2.05) is 6.07 Å². The van der Waals surface area contributed by atoms with Crippen molar-refractivity contribution in [3.05, 3.63) is 53.6 Å². The maximum atomic E-state index is 12.6. The highest BCUT2D eigenvalue weighted by Crippen LogP contribution is 2.33. The van der Waals surface area contributed by atoms with Crippen LogP contribution in [-0.4, -0.2) is 36.3 Å². The van der Waals surface area contributed by atoms with Gasteiger partial charge < -0.3 is 24.6 Å². The lowest BCUT2D eigenvalue weighted by atomic mass is 10.1. The van der Waals surface area contributed by atoms with E-state index in [1.165, 1.54) is 19.2 Å². The number of nitrogens with one attached hydrogen (secondary N) is 1. The third-order valence-corrected chi connectivity index (χ3v) is 3.92. The molecule has 1 aliphatic heterocycles. The van der Waals surface area contributed by atoms with Gasteiger partial charge in [0, 0.05) is 12.8 Å². The van der Waals surface area contributed by atoms with Gasteiger partial charge in [0.2, 0.25) is 6.10 Å². The summed E-state index contributed by atoms with van der Waals surface area (Å²) < 4.78 is 16.5. The van der Waals surface area contributed by atoms with Crippen molar-refractivity contribution < 1.29 is 28.9 Å². The Balaban J connectivity index is 1.80. The number of carboxylic acid groups (broad SMARTS) is 1. The number of rotatable bonds is 5. The standard InChI is InChI=1S/C19H19NO6/c1-11-17(26-16-6-4-3-5-15(16)25-11)18(21)20-14-8-12(10-24-2)7-13(9-14)19(22)23/h3-9,11,17H,10H2,1-2H3,(H,20,21)(H,22,23). The van der Waals surface area contributed by atoms with Crippen LogP contribution in [0.3, 0.4) is 0 Å². The van der Waals surface area contributed by atoms with Gasteiger partial charge in [-0.05, 0) is 42.8 Å². The molecule has 0 saturated carbocycles. The lowest BCUT2D eigenvalue weighted by molar-refractivity contribution is -0.128. The first-order valence-electron chi connectivity index (χ1n) is 8.07. The largest absolute Gasteiger partial charge is 0.482 e. The summed E-state index contributed by atoms with van der Waals surface area (Å²) in [6.45, 7) is 1.97. The second-order valence-electron chi connectivity index (χ2n) is 5.95. The van der Waals surface area contributed by atoms with Gasteiger partial charge in [-0.25, -0.2) is 4.79 Å². The molecule has 2 atom stereocenters. The minimum Gasteiger partial charge on any atom is -0.482 e. The van der Waals surface area contributed by atoms with Crippen LogP contribution in [0.1, 0.15) is 22.8 Å². The van der Waals surface area contributed by atoms with Gasteiger partial charge in [-0.2, -0.15) is 0 Å². The molecule has 0 fully saturated rings. The van der Waals surface area contributed by atoms with E-state index in [0.717, 1.165) is 0 Å². The molecule has 1 heterocycles. The van der Waals surface area contributed by atoms with Gasteiger partial charge in [0.05, 0.1) is 12.2 Å². The van der Waals surface area contributed by atoms with Gasteiger partial charge in [0.1, 0.15) is 6.10 Å². The van der Waals surface area contributed by atoms with Gasteiger partial charge in [0.25, 0.3) is 5.91 Å². The molecule has 0 radical (unpaired) electrons. The van der Waals surface area contributed by atoms with E-state index < -0.39 is 24.1 Å². The topological polar surface area (TPSA) is 94.1 Å². The number of methoxy groups -OCH3 is 1. The fraction of sp³-hybridized carbons (Fsp3) is 0.263. The molecule has 0 aromatic heterocycles. The molecule has 2 N–H and O–H groups in total. The van der Waals surface area contributed by atoms with Gasteiger partial charge in [0.15, 0.2) is 11.5 Å². The Morgan fingerprint density at radius 3 is 2.50 bits per heavy atom. The van der Waals surface area contributed by atoms with Crippen LogP contribution in [0, 0.1) is 0 Å². The third-order valence-electron chi connectivity index (χ3n) is 3.92. The minimum atomic E-state index is -1.09. The number of para-hydroxylation sites is 2. The molecule has 26 heavy (non-hydrogen) atoms. The number of amides is 1. The SMILES string of the molecule is COCc1cc(NC(=O)C2Oc3ccccc3OC2C)cc(C(=O)O)c1. The number of anilines is 1. The Labute approximate surface area is 150 Å². The molecular weight excluding hydrogens is 338 g/mol. The van der Waals surface area contributed by atoms with Crippen LogP contribution < -0.4 is 14.8 Å². The van der Waals surface area contributed by atoms with Crippen molar-refractivity contribution in [1.82, 2.24) is 0 Å². The van der Waals surface area contributed by atoms with E-state index in [2.05, 4.69) is 5.32 Å². The van der Waals surface area contributed by atoms with Crippen LogP contribution in [0.15, 0.2) is 42.5 Å². The van der Waals surface area contributed by atoms with Gasteiger partial charge >= 0.3 is 5.97 Å². The van der Waals surface area contributed by atoms with Crippen LogP contribution in [0.5, 0.6) is 11.5 Å². The zero-order chi connectivity index (χ0) is 18.7. The van der Waals surface area contributed by atoms with E-state index in [0.29, 0.717) is 22.7 Å². The Hall–Kier alpha value is -3.06. The van der Waals surface area contributed by atoms with Gasteiger partial charge in [-0.15, -0.1) is 0 Å². The van der Waals surface area contributed by atoms with Crippen molar-refractivity contribution in [2.24, 2.45) is 0 Å². The van der Waals surface area contributed by atoms with Crippen LogP contribution in [0.4, 0.5) is 5.69 Å². The molecule has 1 aliphatic rings. The molecule has 136 valence electrons. The van der Waals surface area contributed by atoms with Crippen molar-refractivity contribution in [2.45, 2.75) is 25.7 Å². The molecule has 0 spiro atoms. The fourth-order valence-electron chi connectivity index (χ4n) is 2.76. The number of hydrogen-bond acceptors (Lipinski definition) is 5. The highest BCUT2D eigenvalue weighted by Gasteiger charge is 2.34. The fourth-order valence-corrected chi connectivity index (χ4v) is 2.76. The monoisotopic (exact) mass is 357 g/mol. The summed E-state index contributed by atoms with van der Waals surface area (Å²) in [6, 6.07) is 11.7. The van der Waals surface area contributed by atoms with E-state index in [4.69, 9.17) is 14.2 Å². The first kappa shape index (κ1) is 17.8. The minimum absolute atomic E-state index is 0.0639. The van der Waals surface area contributed by atoms with E-state index in [-0.39, 0.29) is 12.2 Å². The number of carbonyl (C=O) groups excluding carboxylic acids is 1. The molecule has 0 bridgehead atoms. The Morgan fingerprint density at radius 1 is 1.15 bits per heavy atom. The van der Waals surface area contributed by atoms with E-state index in [9.17, 15) is 14.7 Å². The maximum Gasteiger partial charge on any atom is 0.335 e. The quantitative estimate of drug-likeness (QED) is 0.854. The average Bonchev–Trinajstić information content (AvgIpc) is 2.61. The highest BCUT2D eigenvalue weighted by molar-refractivity contribution is 5.97. The number of fused-ring (bicyclic) bond motifs is 1. The van der Waals surface area contributed by atoms with Crippen LogP contribution >= 0.6 is 0 Å². The lowest BCUT2D eigenvalue weighted by Gasteiger charge is -2.31. The third kappa shape index (κ3) is 3.78. The number of carboxylic acids is 1. The molecule has 0 aliphatic carbocycles. The zero-order valence-electron chi connectivity index (χ0n) is 14.4. The lowest BCUT2D eigenvalue weighted by Crippen LogP contribution is -2.46. The van der Waals surface area contributed by atoms with Gasteiger partial charge in [-0.3, -0.25) is 4.79 Å². The number of hydrogen-bond donors (Lipinski definition) is 2. The summed E-state index contributed by atoms with van der Waals surface area (Å²) in [6.07, 6.45) is -1.35. The summed E-state index contributed by atoms with van der Waals surface area (Å²) in [5.41, 5.74) is 1.06. The van der Waals surface area contributed by atoms with Crippen molar-refractivity contribution in [3.8, 4) is 11.5 Å². The molecular formula is C19H19NO6. The number of ether oxygens (including phenoxy) is 3. The Morgan fingerprint density at radius 2 is 1.85 bits per heavy atom. The van der Waals surface area contributed by atoms with Crippen LogP contribution in [-0.2, 0) is 16.1 Å². The van der Waals surface area contributed by atoms with Crippen molar-refractivity contribution >= 4 is 17.6 Å². The molecule has 7 nitrogen and oxygen atoms in total. The predicted molar refractivity (Wildman–Crippen MR) is 93.7 cm³/mol. The summed E-state index contributed by atoms with van der Waals surface area (Å²) >= 11 is 0. The van der Waals surface area contributed by atoms with Crippen molar-refractivity contribution in [3.63, 3.8) is 0 Å². The number of benzene rings is 2. The smallest absolute Gasteiger partial charge is 0.335 e. The molecule has 2 unspecified atom stereocenters. The van der Waals surface area contributed by atoms with Gasteiger partial charge in [-0.1, -0.05) is 12.1 Å². The van der Waals surface area contributed by atoms with Crippen LogP contribution in [0.25, 0.3) is 0 Å². The second-order valence-corrected chi connectivity index (χ2v) is 5.95. The van der Waals surface area contributed by atoms with Crippen molar-refractivity contribution in [1.29, 1.82) is 0 Å². The summed E-state index contributed by atoms with van der Waals surface area (Å²) in [4.78, 5) is 23.9. The summed E-state index contributed by atoms with van der Waals surface area (Å²) in [5, 5.41) is 11.9. The molecule has 1 amide bonds. The Kier molecular flexibility index (Phi) is 5.09. The number of carbonyl (C=O) groups is 2. The summed E-state index contributed by atoms with van der Waals surface area (Å²) in [7, 11) is 1.51. The second kappa shape index (κ2) is 7.45. The molecule has 3 rings (SSSR count). The predicted octanol–water partition coefficient (Wildman–Crippen LogP) is 2.70. The average molecular weight is 357 g/mol. The van der Waals surface area contributed by atoms with E-state index >= 15 is 0 Å². The molecule has 0 saturated heterocycles. The van der Waals surface area contributed by atoms with Crippen LogP contribution in [0.2, 0.25) is 0 Å². The molecule has 2 aromatic rings. The van der Waals surface area contributed by atoms with Crippen molar-refractivity contribution in [2.75, 3.05) is 12.4 Å². The Bertz CT molecular complexity index is 835. The first-order chi connectivity index (χ1) is 12.5. The van der Waals surface area contributed by atoms with E-state index in [1.54, 1.807) is 31.2 Å².